The van der Waals surface area contributed by atoms with E-state index in [4.69, 9.17) is 14.7 Å². The number of fused-ring (bicyclic) bond motifs is 3. The molecular formula is C24H23N3O2S3. The lowest BCUT2D eigenvalue weighted by atomic mass is 10.2. The fourth-order valence-electron chi connectivity index (χ4n) is 4.55. The second-order valence-corrected chi connectivity index (χ2v) is 11.2. The molecule has 0 spiro atoms. The molecule has 1 aliphatic heterocycles. The van der Waals surface area contributed by atoms with Gasteiger partial charge in [0.05, 0.1) is 23.7 Å². The molecule has 3 aromatic heterocycles. The minimum atomic E-state index is 0.0990. The number of hydrogen-bond donors (Lipinski definition) is 0. The van der Waals surface area contributed by atoms with Crippen LogP contribution in [0.5, 0.6) is 0 Å². The van der Waals surface area contributed by atoms with Crippen molar-refractivity contribution < 1.29 is 4.74 Å². The Morgan fingerprint density at radius 2 is 2.06 bits per heavy atom. The van der Waals surface area contributed by atoms with Crippen LogP contribution in [-0.4, -0.2) is 27.2 Å². The molecule has 0 saturated carbocycles. The average molecular weight is 482 g/mol. The van der Waals surface area contributed by atoms with Gasteiger partial charge in [0.2, 0.25) is 0 Å². The molecular weight excluding hydrogens is 458 g/mol. The number of aromatic nitrogens is 3. The lowest BCUT2D eigenvalue weighted by molar-refractivity contribution is 0.0937. The predicted octanol–water partition coefficient (Wildman–Crippen LogP) is 5.54. The van der Waals surface area contributed by atoms with Crippen molar-refractivity contribution in [2.24, 2.45) is 0 Å². The standard InChI is InChI=1S/C24H23N3O2S3/c28-23-20-18-9-4-10-19(18)32-22(20)26-24(27(23)12-17-8-5-11-29-17)31-14-16-13-30-21(25-16)15-6-2-1-3-7-15/h1-3,6-7,13,17H,4-5,8-12,14H2/t17-/m0/s1. The summed E-state index contributed by atoms with van der Waals surface area (Å²) in [6.07, 6.45) is 5.38. The number of benzene rings is 1. The first kappa shape index (κ1) is 20.6. The van der Waals surface area contributed by atoms with Gasteiger partial charge in [0.25, 0.3) is 5.56 Å². The number of hydrogen-bond acceptors (Lipinski definition) is 7. The summed E-state index contributed by atoms with van der Waals surface area (Å²) in [6, 6.07) is 10.3. The largest absolute Gasteiger partial charge is 0.376 e. The van der Waals surface area contributed by atoms with Gasteiger partial charge in [-0.05, 0) is 37.7 Å². The molecule has 2 aliphatic rings. The van der Waals surface area contributed by atoms with Crippen LogP contribution >= 0.6 is 34.4 Å². The van der Waals surface area contributed by atoms with Gasteiger partial charge in [0.15, 0.2) is 5.16 Å². The second kappa shape index (κ2) is 8.74. The Balaban J connectivity index is 1.32. The molecule has 1 saturated heterocycles. The van der Waals surface area contributed by atoms with Gasteiger partial charge in [-0.1, -0.05) is 42.1 Å². The zero-order valence-electron chi connectivity index (χ0n) is 17.6. The van der Waals surface area contributed by atoms with E-state index in [1.807, 2.05) is 22.8 Å². The fraction of sp³-hybridized carbons (Fsp3) is 0.375. The maximum atomic E-state index is 13.6. The molecule has 1 fully saturated rings. The first-order valence-corrected chi connectivity index (χ1v) is 13.7. The number of aryl methyl sites for hydroxylation is 2. The summed E-state index contributed by atoms with van der Waals surface area (Å²) in [4.78, 5) is 25.7. The smallest absolute Gasteiger partial charge is 0.263 e. The Bertz CT molecular complexity index is 1320. The van der Waals surface area contributed by atoms with Crippen molar-refractivity contribution in [1.29, 1.82) is 0 Å². The average Bonchev–Trinajstić information content (AvgIpc) is 3.60. The summed E-state index contributed by atoms with van der Waals surface area (Å²) in [7, 11) is 0. The molecule has 5 nitrogen and oxygen atoms in total. The van der Waals surface area contributed by atoms with Crippen molar-refractivity contribution in [2.75, 3.05) is 6.61 Å². The van der Waals surface area contributed by atoms with Gasteiger partial charge < -0.3 is 4.74 Å². The van der Waals surface area contributed by atoms with Crippen LogP contribution in [0.3, 0.4) is 0 Å². The Morgan fingerprint density at radius 1 is 1.16 bits per heavy atom. The summed E-state index contributed by atoms with van der Waals surface area (Å²) >= 11 is 4.97. The summed E-state index contributed by atoms with van der Waals surface area (Å²) < 4.78 is 7.74. The van der Waals surface area contributed by atoms with Crippen LogP contribution in [-0.2, 0) is 29.9 Å². The maximum Gasteiger partial charge on any atom is 0.263 e. The Kier molecular flexibility index (Phi) is 5.63. The van der Waals surface area contributed by atoms with Crippen molar-refractivity contribution >= 4 is 44.7 Å². The van der Waals surface area contributed by atoms with E-state index in [9.17, 15) is 4.79 Å². The third kappa shape index (κ3) is 3.83. The molecule has 1 atom stereocenters. The molecule has 4 aromatic rings. The van der Waals surface area contributed by atoms with Crippen LogP contribution < -0.4 is 5.56 Å². The Labute approximate surface area is 198 Å². The predicted molar refractivity (Wildman–Crippen MR) is 132 cm³/mol. The molecule has 0 unspecified atom stereocenters. The maximum absolute atomic E-state index is 13.6. The molecule has 164 valence electrons. The molecule has 1 aliphatic carbocycles. The molecule has 0 bridgehead atoms. The van der Waals surface area contributed by atoms with Crippen LogP contribution in [0.2, 0.25) is 0 Å². The second-order valence-electron chi connectivity index (χ2n) is 8.28. The van der Waals surface area contributed by atoms with Crippen LogP contribution in [0, 0.1) is 0 Å². The summed E-state index contributed by atoms with van der Waals surface area (Å²) in [5.74, 6) is 0.692. The molecule has 1 aromatic carbocycles. The van der Waals surface area contributed by atoms with E-state index in [2.05, 4.69) is 17.5 Å². The van der Waals surface area contributed by atoms with Gasteiger partial charge in [0.1, 0.15) is 9.84 Å². The number of ether oxygens (including phenoxy) is 1. The third-order valence-corrected chi connectivity index (χ3v) is 9.26. The number of thiazole rings is 1. The van der Waals surface area contributed by atoms with Crippen molar-refractivity contribution in [3.8, 4) is 10.6 Å². The van der Waals surface area contributed by atoms with Crippen molar-refractivity contribution in [1.82, 2.24) is 14.5 Å². The van der Waals surface area contributed by atoms with Gasteiger partial charge >= 0.3 is 0 Å². The van der Waals surface area contributed by atoms with Crippen LogP contribution in [0.25, 0.3) is 20.8 Å². The molecule has 0 N–H and O–H groups in total. The van der Waals surface area contributed by atoms with E-state index in [-0.39, 0.29) is 11.7 Å². The molecule has 4 heterocycles. The quantitative estimate of drug-likeness (QED) is 0.267. The van der Waals surface area contributed by atoms with E-state index in [1.54, 1.807) is 34.4 Å². The third-order valence-electron chi connectivity index (χ3n) is 6.12. The lowest BCUT2D eigenvalue weighted by Crippen LogP contribution is -2.28. The van der Waals surface area contributed by atoms with Gasteiger partial charge in [-0.2, -0.15) is 0 Å². The minimum Gasteiger partial charge on any atom is -0.376 e. The number of nitrogens with zero attached hydrogens (tertiary/aromatic N) is 3. The SMILES string of the molecule is O=c1c2c3c(sc2nc(SCc2csc(-c4ccccc4)n2)n1C[C@@H]1CCCO1)CCC3. The molecule has 0 amide bonds. The van der Waals surface area contributed by atoms with Crippen LogP contribution in [0.4, 0.5) is 0 Å². The van der Waals surface area contributed by atoms with E-state index in [1.165, 1.54) is 10.4 Å². The van der Waals surface area contributed by atoms with E-state index in [0.29, 0.717) is 12.3 Å². The van der Waals surface area contributed by atoms with Crippen LogP contribution in [0.15, 0.2) is 45.7 Å². The fourth-order valence-corrected chi connectivity index (χ4v) is 7.68. The van der Waals surface area contributed by atoms with Gasteiger partial charge in [0, 0.05) is 28.2 Å². The molecule has 8 heteroatoms. The van der Waals surface area contributed by atoms with Crippen LogP contribution in [0.1, 0.15) is 35.4 Å². The van der Waals surface area contributed by atoms with E-state index < -0.39 is 0 Å². The number of thioether (sulfide) groups is 1. The summed E-state index contributed by atoms with van der Waals surface area (Å²) in [6.45, 7) is 1.37. The monoisotopic (exact) mass is 481 g/mol. The van der Waals surface area contributed by atoms with Crippen molar-refractivity contribution in [3.05, 3.63) is 62.2 Å². The highest BCUT2D eigenvalue weighted by molar-refractivity contribution is 7.98. The lowest BCUT2D eigenvalue weighted by Gasteiger charge is -2.15. The number of thiophene rings is 1. The summed E-state index contributed by atoms with van der Waals surface area (Å²) in [5, 5.41) is 4.77. The Hall–Kier alpha value is -2.00. The topological polar surface area (TPSA) is 57.0 Å². The minimum absolute atomic E-state index is 0.0990. The summed E-state index contributed by atoms with van der Waals surface area (Å²) in [5.41, 5.74) is 3.50. The van der Waals surface area contributed by atoms with Gasteiger partial charge in [-0.25, -0.2) is 9.97 Å². The number of rotatable bonds is 6. The first-order valence-electron chi connectivity index (χ1n) is 11.1. The van der Waals surface area contributed by atoms with Gasteiger partial charge in [-0.15, -0.1) is 22.7 Å². The van der Waals surface area contributed by atoms with Crippen molar-refractivity contribution in [3.63, 3.8) is 0 Å². The van der Waals surface area contributed by atoms with E-state index >= 15 is 0 Å². The first-order chi connectivity index (χ1) is 15.8. The molecule has 0 radical (unpaired) electrons. The zero-order valence-corrected chi connectivity index (χ0v) is 20.0. The molecule has 6 rings (SSSR count). The van der Waals surface area contributed by atoms with E-state index in [0.717, 1.165) is 70.3 Å². The van der Waals surface area contributed by atoms with Crippen molar-refractivity contribution in [2.45, 2.75) is 55.7 Å². The van der Waals surface area contributed by atoms with Gasteiger partial charge in [-0.3, -0.25) is 9.36 Å². The normalized spacial score (nSPS) is 17.9. The highest BCUT2D eigenvalue weighted by atomic mass is 32.2. The highest BCUT2D eigenvalue weighted by Crippen LogP contribution is 2.36. The molecule has 32 heavy (non-hydrogen) atoms. The highest BCUT2D eigenvalue weighted by Gasteiger charge is 2.25. The zero-order chi connectivity index (χ0) is 21.5. The Morgan fingerprint density at radius 3 is 2.91 bits per heavy atom.